The molecule has 1 aliphatic heterocycles. The van der Waals surface area contributed by atoms with Gasteiger partial charge in [-0.2, -0.15) is 18.0 Å². The van der Waals surface area contributed by atoms with Crippen LogP contribution in [0.2, 0.25) is 0 Å². The fourth-order valence-corrected chi connectivity index (χ4v) is 2.55. The van der Waals surface area contributed by atoms with Crippen LogP contribution >= 0.6 is 0 Å². The van der Waals surface area contributed by atoms with Crippen LogP contribution < -0.4 is 4.72 Å². The molecule has 0 radical (unpaired) electrons. The summed E-state index contributed by atoms with van der Waals surface area (Å²) in [6.07, 6.45) is -0.0423. The third-order valence-corrected chi connectivity index (χ3v) is 3.84. The second-order valence-electron chi connectivity index (χ2n) is 3.40. The van der Waals surface area contributed by atoms with E-state index in [4.69, 9.17) is 5.26 Å². The summed E-state index contributed by atoms with van der Waals surface area (Å²) < 4.78 is 30.3. The molecular formula is C8H13N3O4S. The molecule has 0 bridgehead atoms. The summed E-state index contributed by atoms with van der Waals surface area (Å²) in [5, 5.41) is 8.66. The molecule has 1 rings (SSSR count). The Morgan fingerprint density at radius 3 is 2.50 bits per heavy atom. The molecule has 0 atom stereocenters. The van der Waals surface area contributed by atoms with E-state index in [9.17, 15) is 13.2 Å². The number of nitrogens with zero attached hydrogens (tertiary/aromatic N) is 2. The van der Waals surface area contributed by atoms with Crippen LogP contribution in [0.15, 0.2) is 0 Å². The third-order valence-electron chi connectivity index (χ3n) is 2.37. The molecule has 8 heteroatoms. The highest BCUT2D eigenvalue weighted by Crippen LogP contribution is 2.17. The summed E-state index contributed by atoms with van der Waals surface area (Å²) >= 11 is 0. The number of hydrogen-bond donors (Lipinski definition) is 1. The lowest BCUT2D eigenvalue weighted by Crippen LogP contribution is -2.46. The summed E-state index contributed by atoms with van der Waals surface area (Å²) in [7, 11) is -2.74. The van der Waals surface area contributed by atoms with Gasteiger partial charge in [-0.15, -0.1) is 0 Å². The molecule has 16 heavy (non-hydrogen) atoms. The van der Waals surface area contributed by atoms with Crippen LogP contribution in [0.1, 0.15) is 12.8 Å². The molecular weight excluding hydrogens is 234 g/mol. The number of methoxy groups -OCH3 is 1. The molecule has 1 saturated heterocycles. The molecule has 90 valence electrons. The zero-order chi connectivity index (χ0) is 12.2. The van der Waals surface area contributed by atoms with Crippen molar-refractivity contribution < 1.29 is 17.9 Å². The predicted molar refractivity (Wildman–Crippen MR) is 54.4 cm³/mol. The van der Waals surface area contributed by atoms with Crippen molar-refractivity contribution in [2.24, 2.45) is 5.92 Å². The van der Waals surface area contributed by atoms with Crippen LogP contribution in [-0.2, 0) is 14.9 Å². The van der Waals surface area contributed by atoms with E-state index in [1.165, 1.54) is 0 Å². The molecule has 1 aliphatic rings. The second kappa shape index (κ2) is 5.14. The number of ether oxygens (including phenoxy) is 1. The smallest absolute Gasteiger partial charge is 0.421 e. The minimum absolute atomic E-state index is 0.107. The topological polar surface area (TPSA) is 99.5 Å². The van der Waals surface area contributed by atoms with Crippen LogP contribution in [0.4, 0.5) is 4.79 Å². The Hall–Kier alpha value is -1.33. The SMILES string of the molecule is COC(=O)NS(=O)(=O)N1CCC(C#N)CC1. The van der Waals surface area contributed by atoms with E-state index >= 15 is 0 Å². The molecule has 0 aromatic heterocycles. The quantitative estimate of drug-likeness (QED) is 0.729. The molecule has 0 unspecified atom stereocenters. The number of carbonyl (C=O) groups is 1. The molecule has 0 saturated carbocycles. The standard InChI is InChI=1S/C8H13N3O4S/c1-15-8(12)10-16(13,14)11-4-2-7(6-9)3-5-11/h7H,2-5H2,1H3,(H,10,12). The fraction of sp³-hybridized carbons (Fsp3) is 0.750. The number of hydrogen-bond acceptors (Lipinski definition) is 5. The van der Waals surface area contributed by atoms with E-state index in [0.717, 1.165) is 11.4 Å². The van der Waals surface area contributed by atoms with Crippen molar-refractivity contribution in [3.63, 3.8) is 0 Å². The summed E-state index contributed by atoms with van der Waals surface area (Å²) in [4.78, 5) is 10.8. The second-order valence-corrected chi connectivity index (χ2v) is 5.07. The molecule has 1 N–H and O–H groups in total. The van der Waals surface area contributed by atoms with Gasteiger partial charge in [-0.1, -0.05) is 0 Å². The van der Waals surface area contributed by atoms with E-state index in [1.807, 2.05) is 0 Å². The first kappa shape index (κ1) is 12.7. The first-order chi connectivity index (χ1) is 7.49. The molecule has 0 aromatic rings. The maximum absolute atomic E-state index is 11.6. The van der Waals surface area contributed by atoms with Crippen LogP contribution in [0.25, 0.3) is 0 Å². The number of amides is 1. The fourth-order valence-electron chi connectivity index (χ4n) is 1.44. The highest BCUT2D eigenvalue weighted by Gasteiger charge is 2.29. The zero-order valence-corrected chi connectivity index (χ0v) is 9.66. The van der Waals surface area contributed by atoms with Gasteiger partial charge in [-0.3, -0.25) is 0 Å². The molecule has 0 aromatic carbocycles. The van der Waals surface area contributed by atoms with E-state index in [2.05, 4.69) is 10.8 Å². The summed E-state index contributed by atoms with van der Waals surface area (Å²) in [6.45, 7) is 0.481. The van der Waals surface area contributed by atoms with Crippen molar-refractivity contribution in [2.45, 2.75) is 12.8 Å². The van der Waals surface area contributed by atoms with E-state index in [0.29, 0.717) is 12.8 Å². The molecule has 7 nitrogen and oxygen atoms in total. The lowest BCUT2D eigenvalue weighted by atomic mass is 10.0. The third kappa shape index (κ3) is 3.08. The Morgan fingerprint density at radius 1 is 1.50 bits per heavy atom. The number of carbonyl (C=O) groups excluding carboxylic acids is 1. The summed E-state index contributed by atoms with van der Waals surface area (Å²) in [5.74, 6) is -0.107. The van der Waals surface area contributed by atoms with Gasteiger partial charge in [0.15, 0.2) is 0 Å². The number of nitriles is 1. The molecule has 0 spiro atoms. The summed E-state index contributed by atoms with van der Waals surface area (Å²) in [6, 6.07) is 2.09. The van der Waals surface area contributed by atoms with Gasteiger partial charge < -0.3 is 4.74 Å². The van der Waals surface area contributed by atoms with Crippen LogP contribution in [0.3, 0.4) is 0 Å². The van der Waals surface area contributed by atoms with Gasteiger partial charge in [0.1, 0.15) is 0 Å². The van der Waals surface area contributed by atoms with E-state index in [-0.39, 0.29) is 19.0 Å². The Kier molecular flexibility index (Phi) is 4.09. The molecule has 1 heterocycles. The normalized spacial score (nSPS) is 18.8. The average molecular weight is 247 g/mol. The molecule has 1 amide bonds. The van der Waals surface area contributed by atoms with Crippen molar-refractivity contribution in [3.8, 4) is 6.07 Å². The van der Waals surface area contributed by atoms with Gasteiger partial charge in [0.25, 0.3) is 0 Å². The van der Waals surface area contributed by atoms with Crippen molar-refractivity contribution in [2.75, 3.05) is 20.2 Å². The highest BCUT2D eigenvalue weighted by atomic mass is 32.2. The first-order valence-corrected chi connectivity index (χ1v) is 6.19. The Balaban J connectivity index is 2.59. The number of nitrogens with one attached hydrogen (secondary N) is 1. The monoisotopic (exact) mass is 247 g/mol. The summed E-state index contributed by atoms with van der Waals surface area (Å²) in [5.41, 5.74) is 0. The van der Waals surface area contributed by atoms with Crippen LogP contribution in [-0.4, -0.2) is 39.0 Å². The van der Waals surface area contributed by atoms with Gasteiger partial charge in [-0.05, 0) is 12.8 Å². The van der Waals surface area contributed by atoms with Gasteiger partial charge in [-0.25, -0.2) is 9.52 Å². The van der Waals surface area contributed by atoms with Crippen molar-refractivity contribution in [3.05, 3.63) is 0 Å². The molecule has 0 aliphatic carbocycles. The average Bonchev–Trinajstić information content (AvgIpc) is 2.28. The van der Waals surface area contributed by atoms with Gasteiger partial charge in [0.05, 0.1) is 13.2 Å². The molecule has 1 fully saturated rings. The van der Waals surface area contributed by atoms with Crippen molar-refractivity contribution in [1.82, 2.24) is 9.03 Å². The van der Waals surface area contributed by atoms with E-state index in [1.54, 1.807) is 4.72 Å². The largest absolute Gasteiger partial charge is 0.452 e. The predicted octanol–water partition coefficient (Wildman–Crippen LogP) is -0.177. The zero-order valence-electron chi connectivity index (χ0n) is 8.84. The first-order valence-electron chi connectivity index (χ1n) is 4.75. The van der Waals surface area contributed by atoms with Crippen molar-refractivity contribution in [1.29, 1.82) is 5.26 Å². The van der Waals surface area contributed by atoms with Crippen LogP contribution in [0, 0.1) is 17.2 Å². The minimum atomic E-state index is -3.83. The Morgan fingerprint density at radius 2 is 2.06 bits per heavy atom. The van der Waals surface area contributed by atoms with Crippen molar-refractivity contribution >= 4 is 16.3 Å². The van der Waals surface area contributed by atoms with E-state index < -0.39 is 16.3 Å². The maximum atomic E-state index is 11.6. The van der Waals surface area contributed by atoms with Gasteiger partial charge in [0, 0.05) is 19.0 Å². The van der Waals surface area contributed by atoms with Gasteiger partial charge in [0.2, 0.25) is 0 Å². The lowest BCUT2D eigenvalue weighted by molar-refractivity contribution is 0.176. The Bertz CT molecular complexity index is 392. The Labute approximate surface area is 94.2 Å². The lowest BCUT2D eigenvalue weighted by Gasteiger charge is -2.27. The number of rotatable bonds is 2. The highest BCUT2D eigenvalue weighted by molar-refractivity contribution is 7.87. The maximum Gasteiger partial charge on any atom is 0.421 e. The minimum Gasteiger partial charge on any atom is -0.452 e. The van der Waals surface area contributed by atoms with Crippen LogP contribution in [0.5, 0.6) is 0 Å². The number of piperidine rings is 1. The van der Waals surface area contributed by atoms with Gasteiger partial charge >= 0.3 is 16.3 Å².